The average molecular weight is 242 g/mol. The molecule has 0 heterocycles. The van der Waals surface area contributed by atoms with E-state index in [4.69, 9.17) is 0 Å². The lowest BCUT2D eigenvalue weighted by molar-refractivity contribution is 0.363. The molecule has 1 rings (SSSR count). The Morgan fingerprint density at radius 1 is 1.29 bits per heavy atom. The minimum Gasteiger partial charge on any atom is -0.317 e. The van der Waals surface area contributed by atoms with Gasteiger partial charge in [-0.1, -0.05) is 6.07 Å². The first-order valence-corrected chi connectivity index (χ1v) is 5.79. The van der Waals surface area contributed by atoms with Gasteiger partial charge in [-0.25, -0.2) is 8.78 Å². The van der Waals surface area contributed by atoms with E-state index in [0.717, 1.165) is 19.0 Å². The summed E-state index contributed by atoms with van der Waals surface area (Å²) in [6.45, 7) is 0.939. The predicted octanol–water partition coefficient (Wildman–Crippen LogP) is 2.05. The molecule has 0 bridgehead atoms. The van der Waals surface area contributed by atoms with Gasteiger partial charge in [-0.15, -0.1) is 0 Å². The zero-order chi connectivity index (χ0) is 12.8. The smallest absolute Gasteiger partial charge is 0.129 e. The highest BCUT2D eigenvalue weighted by molar-refractivity contribution is 5.19. The lowest BCUT2D eigenvalue weighted by Crippen LogP contribution is -2.31. The van der Waals surface area contributed by atoms with E-state index in [0.29, 0.717) is 12.0 Å². The second-order valence-electron chi connectivity index (χ2n) is 4.52. The van der Waals surface area contributed by atoms with Gasteiger partial charge in [-0.3, -0.25) is 0 Å². The Labute approximate surface area is 102 Å². The number of benzene rings is 1. The summed E-state index contributed by atoms with van der Waals surface area (Å²) in [6, 6.07) is 3.97. The topological polar surface area (TPSA) is 15.3 Å². The molecule has 1 atom stereocenters. The number of nitrogens with one attached hydrogen (secondary N) is 1. The maximum atomic E-state index is 13.5. The first-order chi connectivity index (χ1) is 8.02. The lowest BCUT2D eigenvalue weighted by Gasteiger charge is -2.19. The zero-order valence-corrected chi connectivity index (χ0v) is 10.6. The molecule has 1 aromatic carbocycles. The highest BCUT2D eigenvalue weighted by atomic mass is 19.1. The van der Waals surface area contributed by atoms with Crippen LogP contribution < -0.4 is 5.32 Å². The summed E-state index contributed by atoms with van der Waals surface area (Å²) in [5.74, 6) is -0.990. The molecule has 0 saturated carbocycles. The third-order valence-corrected chi connectivity index (χ3v) is 2.81. The number of hydrogen-bond donors (Lipinski definition) is 1. The molecule has 0 spiro atoms. The maximum absolute atomic E-state index is 13.5. The quantitative estimate of drug-likeness (QED) is 0.821. The molecular weight excluding hydrogens is 222 g/mol. The molecule has 0 aromatic heterocycles. The van der Waals surface area contributed by atoms with Crippen molar-refractivity contribution in [2.45, 2.75) is 18.9 Å². The largest absolute Gasteiger partial charge is 0.317 e. The van der Waals surface area contributed by atoms with Gasteiger partial charge in [0.1, 0.15) is 11.6 Å². The van der Waals surface area contributed by atoms with Crippen molar-refractivity contribution in [1.29, 1.82) is 0 Å². The molecule has 0 aliphatic carbocycles. The zero-order valence-electron chi connectivity index (χ0n) is 10.6. The fourth-order valence-corrected chi connectivity index (χ4v) is 1.72. The van der Waals surface area contributed by atoms with Crippen molar-refractivity contribution in [2.24, 2.45) is 0 Å². The van der Waals surface area contributed by atoms with Crippen molar-refractivity contribution in [1.82, 2.24) is 10.2 Å². The second kappa shape index (κ2) is 6.67. The third kappa shape index (κ3) is 4.79. The molecular formula is C13H20F2N2. The van der Waals surface area contributed by atoms with E-state index >= 15 is 0 Å². The molecule has 96 valence electrons. The van der Waals surface area contributed by atoms with Gasteiger partial charge in [0.2, 0.25) is 0 Å². The van der Waals surface area contributed by atoms with Crippen molar-refractivity contribution in [3.8, 4) is 0 Å². The van der Waals surface area contributed by atoms with Crippen LogP contribution in [0.2, 0.25) is 0 Å². The van der Waals surface area contributed by atoms with Gasteiger partial charge in [0.05, 0.1) is 0 Å². The summed E-state index contributed by atoms with van der Waals surface area (Å²) in [5, 5.41) is 3.16. The molecule has 1 unspecified atom stereocenters. The molecule has 0 amide bonds. The first-order valence-electron chi connectivity index (χ1n) is 5.79. The number of likely N-dealkylation sites (N-methyl/N-ethyl adjacent to an activating group) is 1. The van der Waals surface area contributed by atoms with E-state index in [-0.39, 0.29) is 6.04 Å². The Morgan fingerprint density at radius 3 is 2.53 bits per heavy atom. The number of rotatable bonds is 6. The molecule has 1 aromatic rings. The van der Waals surface area contributed by atoms with Crippen LogP contribution in [0, 0.1) is 11.6 Å². The standard InChI is InChI=1S/C13H20F2N2/c1-16-12(6-7-17(2)3)8-10-4-5-11(14)9-13(10)15/h4-5,9,12,16H,6-8H2,1-3H3. The van der Waals surface area contributed by atoms with Gasteiger partial charge in [-0.05, 0) is 52.2 Å². The molecule has 0 saturated heterocycles. The number of halogens is 2. The summed E-state index contributed by atoms with van der Waals surface area (Å²) in [4.78, 5) is 2.09. The summed E-state index contributed by atoms with van der Waals surface area (Å²) in [5.41, 5.74) is 0.560. The van der Waals surface area contributed by atoms with Gasteiger partial charge in [0.25, 0.3) is 0 Å². The van der Waals surface area contributed by atoms with Crippen molar-refractivity contribution < 1.29 is 8.78 Å². The Bertz CT molecular complexity index is 353. The van der Waals surface area contributed by atoms with Crippen molar-refractivity contribution in [3.05, 3.63) is 35.4 Å². The van der Waals surface area contributed by atoms with Gasteiger partial charge in [0, 0.05) is 12.1 Å². The summed E-state index contributed by atoms with van der Waals surface area (Å²) in [7, 11) is 5.87. The third-order valence-electron chi connectivity index (χ3n) is 2.81. The summed E-state index contributed by atoms with van der Waals surface area (Å²) in [6.07, 6.45) is 1.51. The number of hydrogen-bond acceptors (Lipinski definition) is 2. The SMILES string of the molecule is CNC(CCN(C)C)Cc1ccc(F)cc1F. The van der Waals surface area contributed by atoms with Gasteiger partial charge in [0.15, 0.2) is 0 Å². The molecule has 0 aliphatic rings. The van der Waals surface area contributed by atoms with Gasteiger partial charge in [-0.2, -0.15) is 0 Å². The fourth-order valence-electron chi connectivity index (χ4n) is 1.72. The van der Waals surface area contributed by atoms with Crippen LogP contribution in [0.1, 0.15) is 12.0 Å². The van der Waals surface area contributed by atoms with E-state index in [9.17, 15) is 8.78 Å². The number of nitrogens with zero attached hydrogens (tertiary/aromatic N) is 1. The Kier molecular flexibility index (Phi) is 5.51. The molecule has 2 nitrogen and oxygen atoms in total. The first kappa shape index (κ1) is 14.1. The van der Waals surface area contributed by atoms with Crippen LogP contribution in [0.4, 0.5) is 8.78 Å². The van der Waals surface area contributed by atoms with E-state index in [1.165, 1.54) is 12.1 Å². The Balaban J connectivity index is 2.60. The molecule has 0 aliphatic heterocycles. The normalized spacial score (nSPS) is 13.1. The molecule has 4 heteroatoms. The van der Waals surface area contributed by atoms with Crippen LogP contribution >= 0.6 is 0 Å². The molecule has 0 radical (unpaired) electrons. The second-order valence-corrected chi connectivity index (χ2v) is 4.52. The van der Waals surface area contributed by atoms with Crippen LogP contribution in [0.5, 0.6) is 0 Å². The highest BCUT2D eigenvalue weighted by Gasteiger charge is 2.11. The fraction of sp³-hybridized carbons (Fsp3) is 0.538. The van der Waals surface area contributed by atoms with E-state index in [1.54, 1.807) is 0 Å². The van der Waals surface area contributed by atoms with Crippen LogP contribution in [0.3, 0.4) is 0 Å². The van der Waals surface area contributed by atoms with E-state index in [1.807, 2.05) is 21.1 Å². The monoisotopic (exact) mass is 242 g/mol. The van der Waals surface area contributed by atoms with Gasteiger partial charge >= 0.3 is 0 Å². The molecule has 1 N–H and O–H groups in total. The van der Waals surface area contributed by atoms with Crippen molar-refractivity contribution in [2.75, 3.05) is 27.7 Å². The van der Waals surface area contributed by atoms with Crippen LogP contribution in [-0.2, 0) is 6.42 Å². The molecule has 0 fully saturated rings. The Hall–Kier alpha value is -1.00. The van der Waals surface area contributed by atoms with Crippen molar-refractivity contribution >= 4 is 0 Å². The van der Waals surface area contributed by atoms with Crippen LogP contribution in [-0.4, -0.2) is 38.6 Å². The minimum atomic E-state index is -0.527. The Morgan fingerprint density at radius 2 is 2.00 bits per heavy atom. The van der Waals surface area contributed by atoms with Crippen LogP contribution in [0.15, 0.2) is 18.2 Å². The summed E-state index contributed by atoms with van der Waals surface area (Å²) < 4.78 is 26.2. The lowest BCUT2D eigenvalue weighted by atomic mass is 10.0. The highest BCUT2D eigenvalue weighted by Crippen LogP contribution is 2.13. The maximum Gasteiger partial charge on any atom is 0.129 e. The minimum absolute atomic E-state index is 0.206. The van der Waals surface area contributed by atoms with Crippen molar-refractivity contribution in [3.63, 3.8) is 0 Å². The molecule has 17 heavy (non-hydrogen) atoms. The van der Waals surface area contributed by atoms with Crippen LogP contribution in [0.25, 0.3) is 0 Å². The van der Waals surface area contributed by atoms with Gasteiger partial charge < -0.3 is 10.2 Å². The van der Waals surface area contributed by atoms with E-state index < -0.39 is 11.6 Å². The predicted molar refractivity (Wildman–Crippen MR) is 66.1 cm³/mol. The summed E-state index contributed by atoms with van der Waals surface area (Å²) >= 11 is 0. The average Bonchev–Trinajstić information content (AvgIpc) is 2.26. The van der Waals surface area contributed by atoms with E-state index in [2.05, 4.69) is 10.2 Å².